The molecule has 2 atom stereocenters. The fourth-order valence-electron chi connectivity index (χ4n) is 2.09. The first-order chi connectivity index (χ1) is 7.15. The maximum atomic E-state index is 11.6. The van der Waals surface area contributed by atoms with E-state index >= 15 is 0 Å². The molecule has 1 aliphatic rings. The molecule has 0 aromatic carbocycles. The van der Waals surface area contributed by atoms with Crippen molar-refractivity contribution in [2.24, 2.45) is 0 Å². The largest absolute Gasteiger partial charge is 0.450 e. The van der Waals surface area contributed by atoms with E-state index in [0.29, 0.717) is 13.0 Å². The van der Waals surface area contributed by atoms with Gasteiger partial charge in [0.25, 0.3) is 0 Å². The number of hydrogen-bond acceptors (Lipinski definition) is 3. The fraction of sp³-hybridized carbons (Fsp3) is 0.909. The van der Waals surface area contributed by atoms with Gasteiger partial charge in [0.1, 0.15) is 0 Å². The number of nitrogens with zero attached hydrogens (tertiary/aromatic N) is 1. The van der Waals surface area contributed by atoms with Crippen LogP contribution in [0.25, 0.3) is 0 Å². The Labute approximate surface area is 91.2 Å². The lowest BCUT2D eigenvalue weighted by Crippen LogP contribution is -2.45. The highest BCUT2D eigenvalue weighted by Gasteiger charge is 2.28. The van der Waals surface area contributed by atoms with Crippen LogP contribution in [-0.2, 0) is 4.74 Å². The summed E-state index contributed by atoms with van der Waals surface area (Å²) < 4.78 is 5.00. The van der Waals surface area contributed by atoms with Crippen LogP contribution in [0.3, 0.4) is 0 Å². The third-order valence-electron chi connectivity index (χ3n) is 2.74. The smallest absolute Gasteiger partial charge is 0.409 e. The van der Waals surface area contributed by atoms with Crippen LogP contribution in [0.2, 0.25) is 0 Å². The molecule has 1 amide bonds. The van der Waals surface area contributed by atoms with Gasteiger partial charge in [-0.2, -0.15) is 0 Å². The predicted octanol–water partition coefficient (Wildman–Crippen LogP) is 1.77. The van der Waals surface area contributed by atoms with Crippen molar-refractivity contribution < 1.29 is 14.6 Å². The lowest BCUT2D eigenvalue weighted by atomic mass is 9.98. The number of rotatable bonds is 3. The van der Waals surface area contributed by atoms with E-state index in [1.165, 1.54) is 0 Å². The zero-order valence-electron chi connectivity index (χ0n) is 9.61. The SMILES string of the molecule is CCOC(=O)N1CCCC[C@H]1C[C@H](C)O. The second-order valence-electron chi connectivity index (χ2n) is 4.13. The summed E-state index contributed by atoms with van der Waals surface area (Å²) in [6.07, 6.45) is 3.21. The van der Waals surface area contributed by atoms with Gasteiger partial charge >= 0.3 is 6.09 Å². The van der Waals surface area contributed by atoms with E-state index in [2.05, 4.69) is 0 Å². The molecule has 4 nitrogen and oxygen atoms in total. The van der Waals surface area contributed by atoms with Gasteiger partial charge in [0.15, 0.2) is 0 Å². The molecule has 0 aromatic heterocycles. The maximum Gasteiger partial charge on any atom is 0.409 e. The van der Waals surface area contributed by atoms with Crippen LogP contribution >= 0.6 is 0 Å². The minimum Gasteiger partial charge on any atom is -0.450 e. The van der Waals surface area contributed by atoms with E-state index in [1.54, 1.807) is 11.8 Å². The average molecular weight is 215 g/mol. The molecule has 0 bridgehead atoms. The van der Waals surface area contributed by atoms with Crippen LogP contribution in [0.1, 0.15) is 39.5 Å². The molecule has 1 saturated heterocycles. The Bertz CT molecular complexity index is 206. The van der Waals surface area contributed by atoms with E-state index in [9.17, 15) is 9.90 Å². The van der Waals surface area contributed by atoms with Crippen molar-refractivity contribution >= 4 is 6.09 Å². The van der Waals surface area contributed by atoms with E-state index in [1.807, 2.05) is 6.92 Å². The topological polar surface area (TPSA) is 49.8 Å². The van der Waals surface area contributed by atoms with Gasteiger partial charge in [-0.1, -0.05) is 0 Å². The summed E-state index contributed by atoms with van der Waals surface area (Å²) in [7, 11) is 0. The Hall–Kier alpha value is -0.770. The number of amides is 1. The number of carbonyl (C=O) groups is 1. The molecule has 1 heterocycles. The van der Waals surface area contributed by atoms with Gasteiger partial charge in [-0.15, -0.1) is 0 Å². The van der Waals surface area contributed by atoms with E-state index in [-0.39, 0.29) is 18.2 Å². The molecule has 1 fully saturated rings. The molecule has 15 heavy (non-hydrogen) atoms. The van der Waals surface area contributed by atoms with Gasteiger partial charge in [-0.3, -0.25) is 0 Å². The van der Waals surface area contributed by atoms with Crippen LogP contribution in [0.15, 0.2) is 0 Å². The Morgan fingerprint density at radius 1 is 1.60 bits per heavy atom. The molecule has 4 heteroatoms. The summed E-state index contributed by atoms with van der Waals surface area (Å²) in [5, 5.41) is 9.36. The standard InChI is InChI=1S/C11H21NO3/c1-3-15-11(14)12-7-5-4-6-10(12)8-9(2)13/h9-10,13H,3-8H2,1-2H3/t9-,10-/m0/s1. The van der Waals surface area contributed by atoms with Crippen LogP contribution < -0.4 is 0 Å². The summed E-state index contributed by atoms with van der Waals surface area (Å²) in [5.41, 5.74) is 0. The molecule has 0 unspecified atom stereocenters. The van der Waals surface area contributed by atoms with Crippen molar-refractivity contribution in [2.75, 3.05) is 13.2 Å². The van der Waals surface area contributed by atoms with Crippen LogP contribution in [-0.4, -0.2) is 41.4 Å². The third-order valence-corrected chi connectivity index (χ3v) is 2.74. The summed E-state index contributed by atoms with van der Waals surface area (Å²) >= 11 is 0. The molecule has 88 valence electrons. The van der Waals surface area contributed by atoms with Crippen molar-refractivity contribution in [3.8, 4) is 0 Å². The molecule has 1 N–H and O–H groups in total. The predicted molar refractivity (Wildman–Crippen MR) is 57.7 cm³/mol. The summed E-state index contributed by atoms with van der Waals surface area (Å²) in [6, 6.07) is 0.151. The van der Waals surface area contributed by atoms with Gasteiger partial charge < -0.3 is 14.7 Å². The molecular weight excluding hydrogens is 194 g/mol. The van der Waals surface area contributed by atoms with E-state index in [0.717, 1.165) is 25.8 Å². The number of ether oxygens (including phenoxy) is 1. The highest BCUT2D eigenvalue weighted by atomic mass is 16.6. The summed E-state index contributed by atoms with van der Waals surface area (Å²) in [4.78, 5) is 13.4. The minimum atomic E-state index is -0.356. The number of aliphatic hydroxyl groups is 1. The molecule has 1 aliphatic heterocycles. The van der Waals surface area contributed by atoms with Crippen molar-refractivity contribution in [1.29, 1.82) is 0 Å². The lowest BCUT2D eigenvalue weighted by Gasteiger charge is -2.35. The van der Waals surface area contributed by atoms with Gasteiger partial charge in [0.05, 0.1) is 12.7 Å². The quantitative estimate of drug-likeness (QED) is 0.780. The van der Waals surface area contributed by atoms with Gasteiger partial charge in [0.2, 0.25) is 0 Å². The van der Waals surface area contributed by atoms with Gasteiger partial charge in [0, 0.05) is 12.6 Å². The second-order valence-corrected chi connectivity index (χ2v) is 4.13. The Morgan fingerprint density at radius 3 is 2.93 bits per heavy atom. The first-order valence-corrected chi connectivity index (χ1v) is 5.76. The Kier molecular flexibility index (Phi) is 4.88. The number of piperidine rings is 1. The molecule has 0 aliphatic carbocycles. The van der Waals surface area contributed by atoms with Crippen molar-refractivity contribution in [3.05, 3.63) is 0 Å². The van der Waals surface area contributed by atoms with Crippen molar-refractivity contribution in [3.63, 3.8) is 0 Å². The van der Waals surface area contributed by atoms with Crippen LogP contribution in [0.5, 0.6) is 0 Å². The molecule has 0 aromatic rings. The molecular formula is C11H21NO3. The Balaban J connectivity index is 2.52. The highest BCUT2D eigenvalue weighted by Crippen LogP contribution is 2.21. The summed E-state index contributed by atoms with van der Waals surface area (Å²) in [6.45, 7) is 4.75. The first kappa shape index (κ1) is 12.3. The second kappa shape index (κ2) is 5.95. The van der Waals surface area contributed by atoms with Crippen molar-refractivity contribution in [1.82, 2.24) is 4.90 Å². The zero-order chi connectivity index (χ0) is 11.3. The summed E-state index contributed by atoms with van der Waals surface area (Å²) in [5.74, 6) is 0. The molecule has 0 spiro atoms. The zero-order valence-corrected chi connectivity index (χ0v) is 9.61. The van der Waals surface area contributed by atoms with Crippen molar-refractivity contribution in [2.45, 2.75) is 51.7 Å². The monoisotopic (exact) mass is 215 g/mol. The molecule has 1 rings (SSSR count). The van der Waals surface area contributed by atoms with E-state index in [4.69, 9.17) is 4.74 Å². The number of hydrogen-bond donors (Lipinski definition) is 1. The van der Waals surface area contributed by atoms with Crippen LogP contribution in [0.4, 0.5) is 4.79 Å². The maximum absolute atomic E-state index is 11.6. The fourth-order valence-corrected chi connectivity index (χ4v) is 2.09. The van der Waals surface area contributed by atoms with E-state index < -0.39 is 0 Å². The van der Waals surface area contributed by atoms with Crippen LogP contribution in [0, 0.1) is 0 Å². The Morgan fingerprint density at radius 2 is 2.33 bits per heavy atom. The molecule has 0 radical (unpaired) electrons. The number of likely N-dealkylation sites (tertiary alicyclic amines) is 1. The van der Waals surface area contributed by atoms with Gasteiger partial charge in [-0.25, -0.2) is 4.79 Å². The number of aliphatic hydroxyl groups excluding tert-OH is 1. The lowest BCUT2D eigenvalue weighted by molar-refractivity contribution is 0.0580. The third kappa shape index (κ3) is 3.70. The molecule has 0 saturated carbocycles. The minimum absolute atomic E-state index is 0.151. The highest BCUT2D eigenvalue weighted by molar-refractivity contribution is 5.68. The number of carbonyl (C=O) groups excluding carboxylic acids is 1. The first-order valence-electron chi connectivity index (χ1n) is 5.76. The van der Waals surface area contributed by atoms with Gasteiger partial charge in [-0.05, 0) is 39.5 Å². The normalized spacial score (nSPS) is 23.7. The average Bonchev–Trinajstić information content (AvgIpc) is 2.18.